The molecule has 0 aromatic carbocycles. The molecule has 0 radical (unpaired) electrons. The fraction of sp³-hybridized carbons (Fsp3) is 0.818. The zero-order valence-corrected chi connectivity index (χ0v) is 10.6. The molecule has 1 amide bonds. The van der Waals surface area contributed by atoms with Crippen LogP contribution in [0.2, 0.25) is 0 Å². The van der Waals surface area contributed by atoms with Gasteiger partial charge in [-0.25, -0.2) is 9.59 Å². The van der Waals surface area contributed by atoms with Crippen LogP contribution < -0.4 is 0 Å². The molecule has 5 heteroatoms. The first kappa shape index (κ1) is 14.7. The van der Waals surface area contributed by atoms with E-state index in [-0.39, 0.29) is 12.5 Å². The summed E-state index contributed by atoms with van der Waals surface area (Å²) in [7, 11) is 1.51. The summed E-state index contributed by atoms with van der Waals surface area (Å²) in [5, 5.41) is 0. The van der Waals surface area contributed by atoms with Gasteiger partial charge in [0.1, 0.15) is 6.04 Å². The molecular weight excluding hydrogens is 210 g/mol. The van der Waals surface area contributed by atoms with Crippen LogP contribution in [0.5, 0.6) is 0 Å². The Hall–Kier alpha value is -1.26. The first-order valence-corrected chi connectivity index (χ1v) is 5.46. The number of ether oxygens (including phenoxy) is 2. The van der Waals surface area contributed by atoms with Gasteiger partial charge < -0.3 is 9.47 Å². The van der Waals surface area contributed by atoms with Gasteiger partial charge in [0.05, 0.1) is 13.2 Å². The van der Waals surface area contributed by atoms with Gasteiger partial charge in [-0.05, 0) is 19.8 Å². The van der Waals surface area contributed by atoms with Crippen molar-refractivity contribution in [1.29, 1.82) is 0 Å². The Bertz CT molecular complexity index is 240. The Balaban J connectivity index is 4.15. The van der Waals surface area contributed by atoms with Crippen molar-refractivity contribution >= 4 is 12.1 Å². The molecule has 0 aromatic heterocycles. The summed E-state index contributed by atoms with van der Waals surface area (Å²) in [6.07, 6.45) is -0.517. The number of hydrogen-bond donors (Lipinski definition) is 0. The standard InChI is InChI=1S/C11H21NO4/c1-6-15-11(14)12(5)9(4)10(13)16-7-8(2)3/h8-9H,6-7H2,1-5H3. The Morgan fingerprint density at radius 3 is 2.19 bits per heavy atom. The zero-order chi connectivity index (χ0) is 12.7. The molecule has 0 spiro atoms. The van der Waals surface area contributed by atoms with E-state index < -0.39 is 18.1 Å². The van der Waals surface area contributed by atoms with Gasteiger partial charge in [0.25, 0.3) is 0 Å². The maximum Gasteiger partial charge on any atom is 0.410 e. The van der Waals surface area contributed by atoms with E-state index in [4.69, 9.17) is 9.47 Å². The van der Waals surface area contributed by atoms with Crippen LogP contribution in [0.3, 0.4) is 0 Å². The van der Waals surface area contributed by atoms with Crippen molar-refractivity contribution in [3.05, 3.63) is 0 Å². The molecule has 94 valence electrons. The highest BCUT2D eigenvalue weighted by atomic mass is 16.6. The number of nitrogens with zero attached hydrogens (tertiary/aromatic N) is 1. The van der Waals surface area contributed by atoms with Gasteiger partial charge in [-0.1, -0.05) is 13.8 Å². The van der Waals surface area contributed by atoms with Gasteiger partial charge in [0.2, 0.25) is 0 Å². The van der Waals surface area contributed by atoms with Crippen molar-refractivity contribution in [1.82, 2.24) is 4.90 Å². The molecule has 5 nitrogen and oxygen atoms in total. The van der Waals surface area contributed by atoms with Crippen LogP contribution >= 0.6 is 0 Å². The minimum atomic E-state index is -0.627. The lowest BCUT2D eigenvalue weighted by Gasteiger charge is -2.22. The van der Waals surface area contributed by atoms with E-state index in [0.29, 0.717) is 6.61 Å². The van der Waals surface area contributed by atoms with E-state index in [1.54, 1.807) is 13.8 Å². The van der Waals surface area contributed by atoms with Crippen LogP contribution in [0.25, 0.3) is 0 Å². The van der Waals surface area contributed by atoms with Crippen LogP contribution in [0.4, 0.5) is 4.79 Å². The van der Waals surface area contributed by atoms with Crippen LogP contribution in [0.15, 0.2) is 0 Å². The Morgan fingerprint density at radius 1 is 1.19 bits per heavy atom. The maximum absolute atomic E-state index is 11.5. The van der Waals surface area contributed by atoms with E-state index in [2.05, 4.69) is 0 Å². The monoisotopic (exact) mass is 231 g/mol. The number of hydrogen-bond acceptors (Lipinski definition) is 4. The molecule has 0 fully saturated rings. The fourth-order valence-electron chi connectivity index (χ4n) is 0.911. The molecule has 1 unspecified atom stereocenters. The van der Waals surface area contributed by atoms with E-state index >= 15 is 0 Å². The second-order valence-corrected chi connectivity index (χ2v) is 4.01. The SMILES string of the molecule is CCOC(=O)N(C)C(C)C(=O)OCC(C)C. The minimum absolute atomic E-state index is 0.282. The molecule has 0 rings (SSSR count). The third-order valence-corrected chi connectivity index (χ3v) is 2.04. The molecule has 0 saturated heterocycles. The summed E-state index contributed by atoms with van der Waals surface area (Å²) in [4.78, 5) is 24.1. The quantitative estimate of drug-likeness (QED) is 0.675. The molecule has 0 saturated carbocycles. The van der Waals surface area contributed by atoms with Crippen LogP contribution in [-0.4, -0.2) is 43.3 Å². The summed E-state index contributed by atoms with van der Waals surface area (Å²) in [6.45, 7) is 7.88. The zero-order valence-electron chi connectivity index (χ0n) is 10.6. The predicted molar refractivity (Wildman–Crippen MR) is 60.0 cm³/mol. The number of rotatable bonds is 5. The van der Waals surface area contributed by atoms with Gasteiger partial charge in [-0.3, -0.25) is 4.90 Å². The average Bonchev–Trinajstić information content (AvgIpc) is 2.23. The van der Waals surface area contributed by atoms with E-state index in [0.717, 1.165) is 0 Å². The first-order chi connectivity index (χ1) is 7.40. The van der Waals surface area contributed by atoms with E-state index in [9.17, 15) is 9.59 Å². The second kappa shape index (κ2) is 7.09. The Kier molecular flexibility index (Phi) is 6.53. The first-order valence-electron chi connectivity index (χ1n) is 5.46. The number of carbonyl (C=O) groups is 2. The van der Waals surface area contributed by atoms with Crippen molar-refractivity contribution in [2.45, 2.75) is 33.7 Å². The molecule has 0 aliphatic rings. The predicted octanol–water partition coefficient (Wildman–Crippen LogP) is 1.66. The number of amides is 1. The van der Waals surface area contributed by atoms with Crippen molar-refractivity contribution < 1.29 is 19.1 Å². The normalized spacial score (nSPS) is 12.1. The summed E-state index contributed by atoms with van der Waals surface area (Å²) < 4.78 is 9.81. The largest absolute Gasteiger partial charge is 0.464 e. The number of carbonyl (C=O) groups excluding carboxylic acids is 2. The molecule has 0 aliphatic heterocycles. The van der Waals surface area contributed by atoms with E-state index in [1.807, 2.05) is 13.8 Å². The summed E-state index contributed by atoms with van der Waals surface area (Å²) in [5.41, 5.74) is 0. The summed E-state index contributed by atoms with van der Waals surface area (Å²) in [5.74, 6) is -0.131. The molecule has 0 heterocycles. The minimum Gasteiger partial charge on any atom is -0.464 e. The maximum atomic E-state index is 11.5. The molecule has 0 aromatic rings. The van der Waals surface area contributed by atoms with Crippen molar-refractivity contribution in [3.63, 3.8) is 0 Å². The lowest BCUT2D eigenvalue weighted by atomic mass is 10.2. The van der Waals surface area contributed by atoms with Gasteiger partial charge in [0.15, 0.2) is 0 Å². The molecule has 16 heavy (non-hydrogen) atoms. The lowest BCUT2D eigenvalue weighted by molar-refractivity contribution is -0.149. The van der Waals surface area contributed by atoms with Gasteiger partial charge in [-0.15, -0.1) is 0 Å². The molecule has 0 aliphatic carbocycles. The van der Waals surface area contributed by atoms with Crippen molar-refractivity contribution in [3.8, 4) is 0 Å². The van der Waals surface area contributed by atoms with Crippen LogP contribution in [0, 0.1) is 5.92 Å². The fourth-order valence-corrected chi connectivity index (χ4v) is 0.911. The Morgan fingerprint density at radius 2 is 1.75 bits per heavy atom. The van der Waals surface area contributed by atoms with Crippen molar-refractivity contribution in [2.24, 2.45) is 5.92 Å². The second-order valence-electron chi connectivity index (χ2n) is 4.01. The van der Waals surface area contributed by atoms with Crippen LogP contribution in [-0.2, 0) is 14.3 Å². The smallest absolute Gasteiger partial charge is 0.410 e. The third-order valence-electron chi connectivity index (χ3n) is 2.04. The highest BCUT2D eigenvalue weighted by molar-refractivity contribution is 5.80. The molecule has 1 atom stereocenters. The average molecular weight is 231 g/mol. The van der Waals surface area contributed by atoms with Gasteiger partial charge in [-0.2, -0.15) is 0 Å². The molecule has 0 bridgehead atoms. The van der Waals surface area contributed by atoms with E-state index in [1.165, 1.54) is 11.9 Å². The number of esters is 1. The third kappa shape index (κ3) is 5.00. The molecule has 0 N–H and O–H groups in total. The molecular formula is C11H21NO4. The number of likely N-dealkylation sites (N-methyl/N-ethyl adjacent to an activating group) is 1. The summed E-state index contributed by atoms with van der Waals surface area (Å²) >= 11 is 0. The van der Waals surface area contributed by atoms with Crippen molar-refractivity contribution in [2.75, 3.05) is 20.3 Å². The topological polar surface area (TPSA) is 55.8 Å². The van der Waals surface area contributed by atoms with Crippen LogP contribution in [0.1, 0.15) is 27.7 Å². The van der Waals surface area contributed by atoms with Gasteiger partial charge >= 0.3 is 12.1 Å². The van der Waals surface area contributed by atoms with Gasteiger partial charge in [0, 0.05) is 7.05 Å². The Labute approximate surface area is 96.7 Å². The highest BCUT2D eigenvalue weighted by Crippen LogP contribution is 2.03. The summed E-state index contributed by atoms with van der Waals surface area (Å²) in [6, 6.07) is -0.627. The highest BCUT2D eigenvalue weighted by Gasteiger charge is 2.24. The lowest BCUT2D eigenvalue weighted by Crippen LogP contribution is -2.41.